The van der Waals surface area contributed by atoms with Gasteiger partial charge < -0.3 is 45.0 Å². The summed E-state index contributed by atoms with van der Waals surface area (Å²) < 4.78 is 29.0. The molecule has 2 heterocycles. The van der Waals surface area contributed by atoms with E-state index < -0.39 is 5.91 Å². The summed E-state index contributed by atoms with van der Waals surface area (Å²) in [5.74, 6) is -0.454. The van der Waals surface area contributed by atoms with Crippen LogP contribution in [0.15, 0.2) is 36.0 Å². The van der Waals surface area contributed by atoms with Crippen LogP contribution in [0.3, 0.4) is 0 Å². The summed E-state index contributed by atoms with van der Waals surface area (Å²) in [5, 5.41) is 13.1. The number of nitrogens with zero attached hydrogens (tertiary/aromatic N) is 2. The first-order valence-corrected chi connectivity index (χ1v) is 18.8. The predicted octanol–water partition coefficient (Wildman–Crippen LogP) is 3.68. The van der Waals surface area contributed by atoms with Crippen molar-refractivity contribution >= 4 is 45.6 Å². The monoisotopic (exact) mass is 746 g/mol. The number of nitrogens with one attached hydrogen (secondary N) is 4. The van der Waals surface area contributed by atoms with Gasteiger partial charge in [-0.3, -0.25) is 23.6 Å². The number of anilines is 1. The van der Waals surface area contributed by atoms with Crippen molar-refractivity contribution in [3.63, 3.8) is 0 Å². The summed E-state index contributed by atoms with van der Waals surface area (Å²) in [4.78, 5) is 54.8. The number of unbranched alkanes of at least 4 members (excludes halogenated alkanes) is 2. The van der Waals surface area contributed by atoms with Crippen molar-refractivity contribution in [2.24, 2.45) is 5.92 Å². The van der Waals surface area contributed by atoms with Gasteiger partial charge in [-0.05, 0) is 31.0 Å². The number of fused-ring (bicyclic) bond motifs is 1. The van der Waals surface area contributed by atoms with E-state index in [1.165, 1.54) is 24.5 Å². The molecule has 1 atom stereocenters. The normalized spacial score (nSPS) is 11.7. The molecule has 0 aliphatic rings. The Morgan fingerprint density at radius 2 is 1.50 bits per heavy atom. The van der Waals surface area contributed by atoms with Gasteiger partial charge in [0.2, 0.25) is 11.8 Å². The average molecular weight is 747 g/mol. The van der Waals surface area contributed by atoms with Crippen LogP contribution in [0.25, 0.3) is 4.96 Å². The molecule has 16 heteroatoms. The second-order valence-electron chi connectivity index (χ2n) is 11.9. The van der Waals surface area contributed by atoms with E-state index in [2.05, 4.69) is 33.2 Å². The summed E-state index contributed by atoms with van der Waals surface area (Å²) in [6, 6.07) is 4.79. The molecule has 0 saturated carbocycles. The van der Waals surface area contributed by atoms with Gasteiger partial charge in [-0.25, -0.2) is 4.98 Å². The van der Waals surface area contributed by atoms with Gasteiger partial charge in [-0.2, -0.15) is 0 Å². The Kier molecular flexibility index (Phi) is 20.3. The summed E-state index contributed by atoms with van der Waals surface area (Å²) in [6.07, 6.45) is 8.44. The molecule has 0 fully saturated rings. The quantitative estimate of drug-likeness (QED) is 0.0801. The van der Waals surface area contributed by atoms with Gasteiger partial charge in [0.1, 0.15) is 11.4 Å². The number of hydrogen-bond donors (Lipinski definition) is 4. The molecule has 15 nitrogen and oxygen atoms in total. The highest BCUT2D eigenvalue weighted by Gasteiger charge is 2.17. The van der Waals surface area contributed by atoms with Gasteiger partial charge in [0.05, 0.1) is 65.5 Å². The Balaban J connectivity index is 1.13. The van der Waals surface area contributed by atoms with Crippen molar-refractivity contribution < 1.29 is 42.9 Å². The molecule has 0 saturated heterocycles. The van der Waals surface area contributed by atoms with E-state index in [0.29, 0.717) is 88.8 Å². The zero-order valence-electron chi connectivity index (χ0n) is 30.5. The van der Waals surface area contributed by atoms with Crippen LogP contribution in [-0.4, -0.2) is 113 Å². The second kappa shape index (κ2) is 25.0. The number of imidazole rings is 1. The van der Waals surface area contributed by atoms with Gasteiger partial charge in [0, 0.05) is 55.4 Å². The highest BCUT2D eigenvalue weighted by molar-refractivity contribution is 7.15. The maximum absolute atomic E-state index is 12.9. The third kappa shape index (κ3) is 16.1. The third-order valence-electron chi connectivity index (χ3n) is 7.81. The molecular formula is C36H54N6O9S. The van der Waals surface area contributed by atoms with Gasteiger partial charge in [0.15, 0.2) is 4.96 Å². The summed E-state index contributed by atoms with van der Waals surface area (Å²) in [6.45, 7) is 8.63. The van der Waals surface area contributed by atoms with Crippen LogP contribution < -0.4 is 26.0 Å². The summed E-state index contributed by atoms with van der Waals surface area (Å²) in [7, 11) is 1.46. The molecule has 0 radical (unpaired) electrons. The first kappa shape index (κ1) is 42.3. The van der Waals surface area contributed by atoms with Crippen molar-refractivity contribution in [3.8, 4) is 5.75 Å². The fourth-order valence-corrected chi connectivity index (χ4v) is 5.61. The van der Waals surface area contributed by atoms with Crippen LogP contribution in [0.1, 0.15) is 73.2 Å². The van der Waals surface area contributed by atoms with Crippen molar-refractivity contribution in [1.82, 2.24) is 25.3 Å². The molecule has 1 aromatic carbocycles. The zero-order valence-corrected chi connectivity index (χ0v) is 31.4. The number of carbonyl (C=O) groups is 4. The number of rotatable bonds is 28. The van der Waals surface area contributed by atoms with Crippen molar-refractivity contribution in [1.29, 1.82) is 0 Å². The van der Waals surface area contributed by atoms with Crippen LogP contribution in [0.4, 0.5) is 5.69 Å². The molecule has 288 valence electrons. The van der Waals surface area contributed by atoms with E-state index in [0.717, 1.165) is 25.7 Å². The Labute approximate surface area is 309 Å². The maximum atomic E-state index is 12.9. The van der Waals surface area contributed by atoms with Crippen molar-refractivity contribution in [3.05, 3.63) is 47.2 Å². The lowest BCUT2D eigenvalue weighted by Gasteiger charge is -2.12. The van der Waals surface area contributed by atoms with E-state index in [4.69, 9.17) is 23.7 Å². The number of ether oxygens (including phenoxy) is 5. The van der Waals surface area contributed by atoms with Crippen molar-refractivity contribution in [2.45, 2.75) is 52.4 Å². The minimum Gasteiger partial charge on any atom is -0.496 e. The highest BCUT2D eigenvalue weighted by atomic mass is 32.1. The molecule has 0 spiro atoms. The SMILES string of the molecule is CCCCC[C@@H](C)C(=O)NCCOCCOCCOCCOCCNC(=O)CCCNC(=O)c1cc(NC(=O)c2cn3ccsc3n2)ccc1OC. The number of carbonyl (C=O) groups excluding carboxylic acids is 4. The van der Waals surface area contributed by atoms with Gasteiger partial charge in [-0.1, -0.05) is 33.1 Å². The number of hydrogen-bond acceptors (Lipinski definition) is 11. The third-order valence-corrected chi connectivity index (χ3v) is 8.58. The highest BCUT2D eigenvalue weighted by Crippen LogP contribution is 2.23. The standard InChI is InChI=1S/C36H54N6O9S/c1-4-5-6-8-27(2)33(44)39-14-17-49-19-21-51-23-22-50-20-18-48-16-13-37-32(43)9-7-12-38-34(45)29-25-28(10-11-31(29)47-3)40-35(46)30-26-42-15-24-52-36(42)41-30/h10-11,15,24-27H,4-9,12-14,16-23H2,1-3H3,(H,37,43)(H,38,45)(H,39,44)(H,40,46)/t27-/m1/s1. The first-order chi connectivity index (χ1) is 25.3. The van der Waals surface area contributed by atoms with Gasteiger partial charge in [-0.15, -0.1) is 11.3 Å². The number of benzene rings is 1. The summed E-state index contributed by atoms with van der Waals surface area (Å²) in [5.41, 5.74) is 0.943. The predicted molar refractivity (Wildman–Crippen MR) is 198 cm³/mol. The lowest BCUT2D eigenvalue weighted by Crippen LogP contribution is -2.32. The maximum Gasteiger partial charge on any atom is 0.275 e. The minimum atomic E-state index is -0.393. The van der Waals surface area contributed by atoms with E-state index in [1.807, 2.05) is 18.5 Å². The molecule has 3 rings (SSSR count). The minimum absolute atomic E-state index is 0.0341. The van der Waals surface area contributed by atoms with E-state index in [-0.39, 0.29) is 47.9 Å². The van der Waals surface area contributed by atoms with E-state index >= 15 is 0 Å². The zero-order chi connectivity index (χ0) is 37.4. The van der Waals surface area contributed by atoms with Gasteiger partial charge in [0.25, 0.3) is 11.8 Å². The Hall–Kier alpha value is -4.09. The molecule has 52 heavy (non-hydrogen) atoms. The van der Waals surface area contributed by atoms with Crippen LogP contribution >= 0.6 is 11.3 Å². The van der Waals surface area contributed by atoms with Crippen LogP contribution in [0.5, 0.6) is 5.75 Å². The Morgan fingerprint density at radius 3 is 2.15 bits per heavy atom. The molecule has 0 unspecified atom stereocenters. The number of amides is 4. The molecule has 4 N–H and O–H groups in total. The van der Waals surface area contributed by atoms with Crippen LogP contribution in [0, 0.1) is 5.92 Å². The van der Waals surface area contributed by atoms with E-state index in [1.54, 1.807) is 22.7 Å². The van der Waals surface area contributed by atoms with Crippen molar-refractivity contribution in [2.75, 3.05) is 84.9 Å². The lowest BCUT2D eigenvalue weighted by atomic mass is 10.0. The number of aromatic nitrogens is 2. The van der Waals surface area contributed by atoms with E-state index in [9.17, 15) is 19.2 Å². The average Bonchev–Trinajstić information content (AvgIpc) is 3.76. The Morgan fingerprint density at radius 1 is 0.827 bits per heavy atom. The molecule has 0 aliphatic carbocycles. The Bertz CT molecular complexity index is 1490. The topological polar surface area (TPSA) is 180 Å². The smallest absolute Gasteiger partial charge is 0.275 e. The second-order valence-corrected chi connectivity index (χ2v) is 12.8. The number of thiazole rings is 1. The van der Waals surface area contributed by atoms with Crippen LogP contribution in [-0.2, 0) is 28.5 Å². The lowest BCUT2D eigenvalue weighted by molar-refractivity contribution is -0.125. The van der Waals surface area contributed by atoms with Crippen LogP contribution in [0.2, 0.25) is 0 Å². The molecule has 0 aliphatic heterocycles. The first-order valence-electron chi connectivity index (χ1n) is 17.9. The molecule has 0 bridgehead atoms. The fourth-order valence-electron chi connectivity index (χ4n) is 4.91. The molecular weight excluding hydrogens is 692 g/mol. The largest absolute Gasteiger partial charge is 0.496 e. The molecule has 2 aromatic heterocycles. The summed E-state index contributed by atoms with van der Waals surface area (Å²) >= 11 is 1.42. The molecule has 3 aromatic rings. The van der Waals surface area contributed by atoms with Gasteiger partial charge >= 0.3 is 0 Å². The fraction of sp³-hybridized carbons (Fsp3) is 0.583. The molecule has 4 amide bonds. The number of methoxy groups -OCH3 is 1.